The highest BCUT2D eigenvalue weighted by molar-refractivity contribution is 6.01. The summed E-state index contributed by atoms with van der Waals surface area (Å²) < 4.78 is 5.52. The first-order valence-electron chi connectivity index (χ1n) is 9.18. The molecule has 1 unspecified atom stereocenters. The average molecular weight is 359 g/mol. The Morgan fingerprint density at radius 1 is 1.19 bits per heavy atom. The monoisotopic (exact) mass is 359 g/mol. The van der Waals surface area contributed by atoms with Gasteiger partial charge in [0.15, 0.2) is 6.10 Å². The molecule has 1 N–H and O–H groups in total. The van der Waals surface area contributed by atoms with Gasteiger partial charge >= 0.3 is 0 Å². The van der Waals surface area contributed by atoms with Crippen LogP contribution in [0.4, 0.5) is 5.69 Å². The lowest BCUT2D eigenvalue weighted by molar-refractivity contribution is -0.132. The summed E-state index contributed by atoms with van der Waals surface area (Å²) in [5.74, 6) is 0.421. The number of carbonyl (C=O) groups excluding carboxylic acids is 3. The van der Waals surface area contributed by atoms with Crippen LogP contribution in [0.15, 0.2) is 18.2 Å². The Morgan fingerprint density at radius 2 is 1.88 bits per heavy atom. The van der Waals surface area contributed by atoms with Gasteiger partial charge in [-0.05, 0) is 31.5 Å². The van der Waals surface area contributed by atoms with E-state index in [1.54, 1.807) is 30.0 Å². The molecule has 2 aliphatic heterocycles. The molecule has 0 aliphatic carbocycles. The van der Waals surface area contributed by atoms with Crippen molar-refractivity contribution >= 4 is 23.4 Å². The molecule has 0 radical (unpaired) electrons. The third kappa shape index (κ3) is 3.81. The van der Waals surface area contributed by atoms with Crippen LogP contribution in [0.2, 0.25) is 0 Å². The van der Waals surface area contributed by atoms with Crippen LogP contribution in [-0.4, -0.2) is 59.8 Å². The molecular weight excluding hydrogens is 334 g/mol. The van der Waals surface area contributed by atoms with Crippen LogP contribution >= 0.6 is 0 Å². The molecule has 0 bridgehead atoms. The van der Waals surface area contributed by atoms with Crippen LogP contribution in [0.3, 0.4) is 0 Å². The summed E-state index contributed by atoms with van der Waals surface area (Å²) in [6, 6.07) is 5.08. The second-order valence-corrected chi connectivity index (χ2v) is 6.74. The Labute approximate surface area is 153 Å². The van der Waals surface area contributed by atoms with E-state index in [4.69, 9.17) is 4.74 Å². The molecule has 7 heteroatoms. The van der Waals surface area contributed by atoms with E-state index in [9.17, 15) is 14.4 Å². The number of hydrogen-bond acceptors (Lipinski definition) is 4. The summed E-state index contributed by atoms with van der Waals surface area (Å²) in [5, 5.41) is 2.76. The third-order valence-electron chi connectivity index (χ3n) is 4.82. The molecule has 0 saturated carbocycles. The number of nitrogens with zero attached hydrogens (tertiary/aromatic N) is 2. The number of carbonyl (C=O) groups is 3. The number of fused-ring (bicyclic) bond motifs is 1. The van der Waals surface area contributed by atoms with E-state index in [1.165, 1.54) is 0 Å². The molecule has 140 valence electrons. The predicted octanol–water partition coefficient (Wildman–Crippen LogP) is 1.88. The van der Waals surface area contributed by atoms with Crippen molar-refractivity contribution in [3.63, 3.8) is 0 Å². The highest BCUT2D eigenvalue weighted by atomic mass is 16.5. The summed E-state index contributed by atoms with van der Waals surface area (Å²) in [5.41, 5.74) is 1.03. The Bertz CT molecular complexity index is 711. The molecule has 3 amide bonds. The fraction of sp³-hybridized carbons (Fsp3) is 0.526. The highest BCUT2D eigenvalue weighted by Crippen LogP contribution is 2.30. The second-order valence-electron chi connectivity index (χ2n) is 6.74. The largest absolute Gasteiger partial charge is 0.479 e. The highest BCUT2D eigenvalue weighted by Gasteiger charge is 2.27. The van der Waals surface area contributed by atoms with Gasteiger partial charge in [0, 0.05) is 38.2 Å². The minimum Gasteiger partial charge on any atom is -0.479 e. The summed E-state index contributed by atoms with van der Waals surface area (Å²) in [7, 11) is 0. The molecular formula is C19H25N3O4. The minimum absolute atomic E-state index is 0.0960. The minimum atomic E-state index is -0.539. The molecule has 1 aromatic rings. The van der Waals surface area contributed by atoms with E-state index < -0.39 is 6.10 Å². The summed E-state index contributed by atoms with van der Waals surface area (Å²) in [6.07, 6.45) is 1.94. The Kier molecular flexibility index (Phi) is 5.44. The van der Waals surface area contributed by atoms with Crippen molar-refractivity contribution in [2.75, 3.05) is 31.5 Å². The maximum absolute atomic E-state index is 12.7. The number of benzene rings is 1. The van der Waals surface area contributed by atoms with Crippen molar-refractivity contribution in [3.8, 4) is 5.75 Å². The van der Waals surface area contributed by atoms with Crippen LogP contribution in [0.25, 0.3) is 0 Å². The predicted molar refractivity (Wildman–Crippen MR) is 97.2 cm³/mol. The number of piperazine rings is 1. The molecule has 3 rings (SSSR count). The fourth-order valence-corrected chi connectivity index (χ4v) is 3.17. The number of hydrogen-bond donors (Lipinski definition) is 1. The molecule has 1 atom stereocenters. The van der Waals surface area contributed by atoms with E-state index >= 15 is 0 Å². The number of nitrogens with one attached hydrogen (secondary N) is 1. The summed E-state index contributed by atoms with van der Waals surface area (Å²) in [6.45, 7) is 5.92. The van der Waals surface area contributed by atoms with Gasteiger partial charge in [-0.1, -0.05) is 13.3 Å². The van der Waals surface area contributed by atoms with Gasteiger partial charge in [-0.3, -0.25) is 14.4 Å². The average Bonchev–Trinajstić information content (AvgIpc) is 2.66. The van der Waals surface area contributed by atoms with E-state index in [-0.39, 0.29) is 17.7 Å². The molecule has 1 fully saturated rings. The van der Waals surface area contributed by atoms with Gasteiger partial charge in [-0.15, -0.1) is 0 Å². The number of anilines is 1. The molecule has 2 aliphatic rings. The van der Waals surface area contributed by atoms with Gasteiger partial charge in [-0.25, -0.2) is 0 Å². The molecule has 26 heavy (non-hydrogen) atoms. The zero-order valence-electron chi connectivity index (χ0n) is 15.3. The van der Waals surface area contributed by atoms with E-state index in [2.05, 4.69) is 12.2 Å². The Balaban J connectivity index is 1.62. The summed E-state index contributed by atoms with van der Waals surface area (Å²) >= 11 is 0. The number of amides is 3. The van der Waals surface area contributed by atoms with Crippen molar-refractivity contribution in [1.82, 2.24) is 9.80 Å². The van der Waals surface area contributed by atoms with Gasteiger partial charge < -0.3 is 19.9 Å². The number of ether oxygens (including phenoxy) is 1. The van der Waals surface area contributed by atoms with Crippen molar-refractivity contribution in [2.45, 2.75) is 39.2 Å². The van der Waals surface area contributed by atoms with E-state index in [0.717, 1.165) is 12.8 Å². The lowest BCUT2D eigenvalue weighted by Crippen LogP contribution is -2.50. The molecule has 1 saturated heterocycles. The van der Waals surface area contributed by atoms with E-state index in [1.807, 2.05) is 4.90 Å². The Hall–Kier alpha value is -2.57. The zero-order valence-corrected chi connectivity index (χ0v) is 15.3. The third-order valence-corrected chi connectivity index (χ3v) is 4.82. The maximum Gasteiger partial charge on any atom is 0.265 e. The topological polar surface area (TPSA) is 79.0 Å². The van der Waals surface area contributed by atoms with Crippen molar-refractivity contribution in [2.24, 2.45) is 0 Å². The fourth-order valence-electron chi connectivity index (χ4n) is 3.17. The van der Waals surface area contributed by atoms with Crippen LogP contribution in [0.5, 0.6) is 5.75 Å². The van der Waals surface area contributed by atoms with Gasteiger partial charge in [0.2, 0.25) is 5.91 Å². The quantitative estimate of drug-likeness (QED) is 0.890. The lowest BCUT2D eigenvalue weighted by Gasteiger charge is -2.35. The lowest BCUT2D eigenvalue weighted by atomic mass is 10.1. The normalized spacial score (nSPS) is 19.5. The SMILES string of the molecule is CCCCC(=O)N1CCN(C(=O)c2ccc3c(c2)NC(=O)C(C)O3)CC1. The molecule has 7 nitrogen and oxygen atoms in total. The molecule has 0 aromatic heterocycles. The van der Waals surface area contributed by atoms with Crippen LogP contribution in [0, 0.1) is 0 Å². The van der Waals surface area contributed by atoms with Gasteiger partial charge in [0.1, 0.15) is 5.75 Å². The van der Waals surface area contributed by atoms with Gasteiger partial charge in [0.05, 0.1) is 5.69 Å². The summed E-state index contributed by atoms with van der Waals surface area (Å²) in [4.78, 5) is 40.2. The van der Waals surface area contributed by atoms with Gasteiger partial charge in [-0.2, -0.15) is 0 Å². The molecule has 0 spiro atoms. The van der Waals surface area contributed by atoms with Crippen LogP contribution in [-0.2, 0) is 9.59 Å². The van der Waals surface area contributed by atoms with Crippen molar-refractivity contribution < 1.29 is 19.1 Å². The standard InChI is InChI=1S/C19H25N3O4/c1-3-4-5-17(23)21-8-10-22(11-9-21)19(25)14-6-7-16-15(12-14)20-18(24)13(2)26-16/h6-7,12-13H,3-5,8-11H2,1-2H3,(H,20,24). The number of unbranched alkanes of at least 4 members (excludes halogenated alkanes) is 1. The van der Waals surface area contributed by atoms with Crippen LogP contribution in [0.1, 0.15) is 43.5 Å². The molecule has 1 aromatic carbocycles. The van der Waals surface area contributed by atoms with Crippen molar-refractivity contribution in [1.29, 1.82) is 0 Å². The second kappa shape index (κ2) is 7.76. The first-order chi connectivity index (χ1) is 12.5. The maximum atomic E-state index is 12.7. The zero-order chi connectivity index (χ0) is 18.7. The van der Waals surface area contributed by atoms with Crippen molar-refractivity contribution in [3.05, 3.63) is 23.8 Å². The first-order valence-corrected chi connectivity index (χ1v) is 9.18. The smallest absolute Gasteiger partial charge is 0.265 e. The first kappa shape index (κ1) is 18.2. The number of rotatable bonds is 4. The van der Waals surface area contributed by atoms with Crippen LogP contribution < -0.4 is 10.1 Å². The van der Waals surface area contributed by atoms with E-state index in [0.29, 0.717) is 49.6 Å². The van der Waals surface area contributed by atoms with Gasteiger partial charge in [0.25, 0.3) is 11.8 Å². The Morgan fingerprint density at radius 3 is 2.58 bits per heavy atom. The molecule has 2 heterocycles.